The molecular formula is C31H36ClN3O3. The zero-order chi connectivity index (χ0) is 27.5. The molecule has 0 aromatic heterocycles. The maximum Gasteiger partial charge on any atom is 0.251 e. The smallest absolute Gasteiger partial charge is 0.251 e. The first-order chi connectivity index (χ1) is 18.2. The molecule has 0 aliphatic rings. The maximum atomic E-state index is 13.4. The molecule has 0 heterocycles. The van der Waals surface area contributed by atoms with Crippen LogP contribution in [0.15, 0.2) is 78.9 Å². The number of nitrogens with one attached hydrogen (secondary N) is 3. The highest BCUT2D eigenvalue weighted by Gasteiger charge is 2.28. The Bertz CT molecular complexity index is 1220. The summed E-state index contributed by atoms with van der Waals surface area (Å²) in [5.74, 6) is -0.874. The van der Waals surface area contributed by atoms with E-state index in [-0.39, 0.29) is 17.7 Å². The molecule has 6 nitrogen and oxygen atoms in total. The molecule has 0 aliphatic carbocycles. The van der Waals surface area contributed by atoms with Gasteiger partial charge < -0.3 is 16.0 Å². The lowest BCUT2D eigenvalue weighted by Gasteiger charge is -2.24. The van der Waals surface area contributed by atoms with Gasteiger partial charge in [-0.25, -0.2) is 0 Å². The molecule has 7 heteroatoms. The third kappa shape index (κ3) is 9.03. The largest absolute Gasteiger partial charge is 0.354 e. The SMILES string of the molecule is Cc1cc(C(=O)N[C@@H](CC(C)C)C(=O)N[C@@H](Cc2ccccc2)C(=O)NCCc2ccccc2)ccc1Cl. The Morgan fingerprint density at radius 3 is 2.03 bits per heavy atom. The Labute approximate surface area is 230 Å². The molecule has 3 aromatic carbocycles. The van der Waals surface area contributed by atoms with Crippen LogP contribution in [0.5, 0.6) is 0 Å². The average molecular weight is 534 g/mol. The quantitative estimate of drug-likeness (QED) is 0.310. The van der Waals surface area contributed by atoms with E-state index >= 15 is 0 Å². The third-order valence-electron chi connectivity index (χ3n) is 6.22. The van der Waals surface area contributed by atoms with Crippen LogP contribution in [-0.4, -0.2) is 36.3 Å². The van der Waals surface area contributed by atoms with Crippen LogP contribution in [0.25, 0.3) is 0 Å². The first-order valence-corrected chi connectivity index (χ1v) is 13.3. The number of hydrogen-bond donors (Lipinski definition) is 3. The van der Waals surface area contributed by atoms with E-state index in [1.807, 2.05) is 81.4 Å². The van der Waals surface area contributed by atoms with Gasteiger partial charge in [-0.05, 0) is 60.6 Å². The number of carbonyl (C=O) groups excluding carboxylic acids is 3. The lowest BCUT2D eigenvalue weighted by molar-refractivity contribution is -0.130. The number of carbonyl (C=O) groups is 3. The van der Waals surface area contributed by atoms with Crippen LogP contribution < -0.4 is 16.0 Å². The minimum Gasteiger partial charge on any atom is -0.354 e. The molecule has 0 saturated heterocycles. The van der Waals surface area contributed by atoms with E-state index in [1.165, 1.54) is 0 Å². The van der Waals surface area contributed by atoms with Gasteiger partial charge in [0.25, 0.3) is 5.91 Å². The molecule has 0 saturated carbocycles. The van der Waals surface area contributed by atoms with Gasteiger partial charge in [-0.3, -0.25) is 14.4 Å². The predicted molar refractivity (Wildman–Crippen MR) is 152 cm³/mol. The Balaban J connectivity index is 1.72. The van der Waals surface area contributed by atoms with Crippen molar-refractivity contribution in [1.82, 2.24) is 16.0 Å². The van der Waals surface area contributed by atoms with Crippen molar-refractivity contribution in [3.63, 3.8) is 0 Å². The molecule has 3 amide bonds. The summed E-state index contributed by atoms with van der Waals surface area (Å²) in [4.78, 5) is 39.6. The highest BCUT2D eigenvalue weighted by Crippen LogP contribution is 2.17. The topological polar surface area (TPSA) is 87.3 Å². The lowest BCUT2D eigenvalue weighted by atomic mass is 10.0. The van der Waals surface area contributed by atoms with Crippen molar-refractivity contribution >= 4 is 29.3 Å². The van der Waals surface area contributed by atoms with Crippen LogP contribution in [0.1, 0.15) is 47.3 Å². The lowest BCUT2D eigenvalue weighted by Crippen LogP contribution is -2.55. The van der Waals surface area contributed by atoms with E-state index in [2.05, 4.69) is 16.0 Å². The van der Waals surface area contributed by atoms with E-state index in [1.54, 1.807) is 18.2 Å². The van der Waals surface area contributed by atoms with Crippen LogP contribution in [0.4, 0.5) is 0 Å². The van der Waals surface area contributed by atoms with Crippen molar-refractivity contribution < 1.29 is 14.4 Å². The predicted octanol–water partition coefficient (Wildman–Crippen LogP) is 4.88. The Kier molecular flexibility index (Phi) is 10.9. The summed E-state index contributed by atoms with van der Waals surface area (Å²) in [6.07, 6.45) is 1.45. The fourth-order valence-corrected chi connectivity index (χ4v) is 4.28. The Morgan fingerprint density at radius 2 is 1.42 bits per heavy atom. The average Bonchev–Trinajstić information content (AvgIpc) is 2.90. The molecule has 38 heavy (non-hydrogen) atoms. The van der Waals surface area contributed by atoms with E-state index < -0.39 is 18.0 Å². The van der Waals surface area contributed by atoms with Crippen LogP contribution in [0.2, 0.25) is 5.02 Å². The first kappa shape index (κ1) is 28.9. The monoisotopic (exact) mass is 533 g/mol. The number of aryl methyl sites for hydroxylation is 1. The third-order valence-corrected chi connectivity index (χ3v) is 6.64. The molecule has 0 fully saturated rings. The molecule has 0 unspecified atom stereocenters. The van der Waals surface area contributed by atoms with E-state index in [0.29, 0.717) is 36.4 Å². The molecule has 3 aromatic rings. The fourth-order valence-electron chi connectivity index (χ4n) is 4.16. The number of benzene rings is 3. The fraction of sp³-hybridized carbons (Fsp3) is 0.323. The van der Waals surface area contributed by atoms with E-state index in [9.17, 15) is 14.4 Å². The van der Waals surface area contributed by atoms with Crippen molar-refractivity contribution in [2.45, 2.75) is 52.1 Å². The van der Waals surface area contributed by atoms with Gasteiger partial charge in [0.05, 0.1) is 0 Å². The summed E-state index contributed by atoms with van der Waals surface area (Å²) in [5, 5.41) is 9.30. The van der Waals surface area contributed by atoms with Crippen molar-refractivity contribution in [2.24, 2.45) is 5.92 Å². The summed E-state index contributed by atoms with van der Waals surface area (Å²) >= 11 is 6.10. The van der Waals surface area contributed by atoms with Gasteiger partial charge in [-0.1, -0.05) is 86.1 Å². The van der Waals surface area contributed by atoms with Crippen molar-refractivity contribution in [2.75, 3.05) is 6.54 Å². The summed E-state index contributed by atoms with van der Waals surface area (Å²) in [6.45, 7) is 6.24. The normalized spacial score (nSPS) is 12.4. The summed E-state index contributed by atoms with van der Waals surface area (Å²) in [7, 11) is 0. The summed E-state index contributed by atoms with van der Waals surface area (Å²) in [6, 6.07) is 22.9. The Morgan fingerprint density at radius 1 is 0.789 bits per heavy atom. The zero-order valence-corrected chi connectivity index (χ0v) is 22.9. The van der Waals surface area contributed by atoms with Gasteiger partial charge in [0.2, 0.25) is 11.8 Å². The number of halogens is 1. The van der Waals surface area contributed by atoms with Gasteiger partial charge >= 0.3 is 0 Å². The molecule has 200 valence electrons. The molecule has 0 bridgehead atoms. The van der Waals surface area contributed by atoms with Crippen LogP contribution >= 0.6 is 11.6 Å². The zero-order valence-electron chi connectivity index (χ0n) is 22.2. The van der Waals surface area contributed by atoms with Crippen LogP contribution in [0, 0.1) is 12.8 Å². The van der Waals surface area contributed by atoms with Gasteiger partial charge in [-0.15, -0.1) is 0 Å². The Hall–Kier alpha value is -3.64. The second-order valence-electron chi connectivity index (χ2n) is 9.90. The van der Waals surface area contributed by atoms with Crippen molar-refractivity contribution in [3.05, 3.63) is 106 Å². The first-order valence-electron chi connectivity index (χ1n) is 13.0. The van der Waals surface area contributed by atoms with Gasteiger partial charge in [0.1, 0.15) is 12.1 Å². The molecule has 0 radical (unpaired) electrons. The highest BCUT2D eigenvalue weighted by molar-refractivity contribution is 6.31. The van der Waals surface area contributed by atoms with Crippen molar-refractivity contribution in [1.29, 1.82) is 0 Å². The van der Waals surface area contributed by atoms with E-state index in [0.717, 1.165) is 16.7 Å². The molecule has 3 rings (SSSR count). The van der Waals surface area contributed by atoms with Crippen molar-refractivity contribution in [3.8, 4) is 0 Å². The number of hydrogen-bond acceptors (Lipinski definition) is 3. The highest BCUT2D eigenvalue weighted by atomic mass is 35.5. The molecule has 2 atom stereocenters. The van der Waals surface area contributed by atoms with Gasteiger partial charge in [-0.2, -0.15) is 0 Å². The molecular weight excluding hydrogens is 498 g/mol. The van der Waals surface area contributed by atoms with Crippen LogP contribution in [-0.2, 0) is 22.4 Å². The maximum absolute atomic E-state index is 13.4. The standard InChI is InChI=1S/C31H36ClN3O3/c1-21(2)18-27(34-29(36)25-14-15-26(32)22(3)19-25)31(38)35-28(20-24-12-8-5-9-13-24)30(37)33-17-16-23-10-6-4-7-11-23/h4-15,19,21,27-28H,16-18,20H2,1-3H3,(H,33,37)(H,34,36)(H,35,38)/t27-,28-/m0/s1. The minimum atomic E-state index is -0.797. The van der Waals surface area contributed by atoms with E-state index in [4.69, 9.17) is 11.6 Å². The summed E-state index contributed by atoms with van der Waals surface area (Å²) in [5.41, 5.74) is 3.25. The molecule has 0 spiro atoms. The molecule has 0 aliphatic heterocycles. The van der Waals surface area contributed by atoms with Crippen LogP contribution in [0.3, 0.4) is 0 Å². The minimum absolute atomic E-state index is 0.144. The second kappa shape index (κ2) is 14.3. The van der Waals surface area contributed by atoms with Gasteiger partial charge in [0, 0.05) is 23.6 Å². The number of amides is 3. The number of rotatable bonds is 12. The second-order valence-corrected chi connectivity index (χ2v) is 10.3. The summed E-state index contributed by atoms with van der Waals surface area (Å²) < 4.78 is 0. The molecule has 3 N–H and O–H groups in total. The van der Waals surface area contributed by atoms with Gasteiger partial charge in [0.15, 0.2) is 0 Å².